The number of rotatable bonds is 2. The Bertz CT molecular complexity index is 549. The van der Waals surface area contributed by atoms with Crippen LogP contribution in [0.25, 0.3) is 11.1 Å². The van der Waals surface area contributed by atoms with E-state index in [2.05, 4.69) is 0 Å². The molecule has 0 spiro atoms. The molecule has 0 atom stereocenters. The Labute approximate surface area is 120 Å². The van der Waals surface area contributed by atoms with Crippen molar-refractivity contribution in [1.82, 2.24) is 0 Å². The highest BCUT2D eigenvalue weighted by atomic mass is 35.5. The Morgan fingerprint density at radius 2 is 1.59 bits per heavy atom. The van der Waals surface area contributed by atoms with E-state index in [0.717, 1.165) is 16.7 Å². The lowest BCUT2D eigenvalue weighted by atomic mass is 10.0. The third kappa shape index (κ3) is 2.89. The third-order valence-electron chi connectivity index (χ3n) is 2.43. The van der Waals surface area contributed by atoms with Crippen LogP contribution in [0.3, 0.4) is 0 Å². The number of hydrogen-bond donors (Lipinski definition) is 0. The summed E-state index contributed by atoms with van der Waals surface area (Å²) >= 11 is 23.8. The van der Waals surface area contributed by atoms with Gasteiger partial charge in [0.25, 0.3) is 0 Å². The molecule has 0 aliphatic heterocycles. The first-order valence-electron chi connectivity index (χ1n) is 4.91. The second-order valence-electron chi connectivity index (χ2n) is 3.56. The molecule has 0 aromatic heterocycles. The molecule has 17 heavy (non-hydrogen) atoms. The van der Waals surface area contributed by atoms with E-state index in [9.17, 15) is 0 Å². The van der Waals surface area contributed by atoms with Crippen molar-refractivity contribution in [3.05, 3.63) is 57.0 Å². The lowest BCUT2D eigenvalue weighted by molar-refractivity contribution is 1.40. The van der Waals surface area contributed by atoms with Crippen molar-refractivity contribution in [2.45, 2.75) is 5.88 Å². The van der Waals surface area contributed by atoms with Gasteiger partial charge in [0.05, 0.1) is 0 Å². The van der Waals surface area contributed by atoms with E-state index in [-0.39, 0.29) is 0 Å². The average Bonchev–Trinajstić information content (AvgIpc) is 2.30. The smallest absolute Gasteiger partial charge is 0.0499 e. The van der Waals surface area contributed by atoms with Crippen molar-refractivity contribution < 1.29 is 0 Å². The summed E-state index contributed by atoms with van der Waals surface area (Å²) in [5.74, 6) is 0.373. The predicted molar refractivity (Wildman–Crippen MR) is 76.5 cm³/mol. The maximum Gasteiger partial charge on any atom is 0.0499 e. The highest BCUT2D eigenvalue weighted by Gasteiger charge is 2.07. The van der Waals surface area contributed by atoms with Gasteiger partial charge in [-0.3, -0.25) is 0 Å². The summed E-state index contributed by atoms with van der Waals surface area (Å²) in [7, 11) is 0. The Kier molecular flexibility index (Phi) is 4.22. The summed E-state index contributed by atoms with van der Waals surface area (Å²) in [6, 6.07) is 11.1. The molecule has 0 N–H and O–H groups in total. The summed E-state index contributed by atoms with van der Waals surface area (Å²) in [5, 5.41) is 1.89. The third-order valence-corrected chi connectivity index (χ3v) is 3.64. The molecule has 4 heteroatoms. The van der Waals surface area contributed by atoms with E-state index >= 15 is 0 Å². The van der Waals surface area contributed by atoms with Gasteiger partial charge in [-0.15, -0.1) is 11.6 Å². The zero-order valence-electron chi connectivity index (χ0n) is 8.68. The molecular formula is C13H8Cl4. The van der Waals surface area contributed by atoms with Crippen LogP contribution in [0, 0.1) is 0 Å². The SMILES string of the molecule is ClCc1cc(-c2ccc(Cl)cc2Cl)ccc1Cl. The molecule has 2 aromatic carbocycles. The predicted octanol–water partition coefficient (Wildman–Crippen LogP) is 6.05. The second kappa shape index (κ2) is 5.49. The minimum absolute atomic E-state index is 0.373. The van der Waals surface area contributed by atoms with E-state index in [1.54, 1.807) is 12.1 Å². The molecule has 0 radical (unpaired) electrons. The summed E-state index contributed by atoms with van der Waals surface area (Å²) < 4.78 is 0. The van der Waals surface area contributed by atoms with Gasteiger partial charge in [-0.2, -0.15) is 0 Å². The van der Waals surface area contributed by atoms with Gasteiger partial charge in [-0.25, -0.2) is 0 Å². The lowest BCUT2D eigenvalue weighted by Gasteiger charge is -2.08. The summed E-state index contributed by atoms with van der Waals surface area (Å²) in [6.45, 7) is 0. The maximum atomic E-state index is 6.15. The summed E-state index contributed by atoms with van der Waals surface area (Å²) in [6.07, 6.45) is 0. The molecule has 0 nitrogen and oxygen atoms in total. The minimum Gasteiger partial charge on any atom is -0.121 e. The molecule has 0 aliphatic carbocycles. The van der Waals surface area contributed by atoms with Gasteiger partial charge < -0.3 is 0 Å². The van der Waals surface area contributed by atoms with E-state index in [4.69, 9.17) is 46.4 Å². The first kappa shape index (κ1) is 13.0. The molecule has 0 fully saturated rings. The number of halogens is 4. The van der Waals surface area contributed by atoms with Crippen molar-refractivity contribution in [2.24, 2.45) is 0 Å². The first-order valence-corrected chi connectivity index (χ1v) is 6.58. The van der Waals surface area contributed by atoms with Crippen LogP contribution in [0.1, 0.15) is 5.56 Å². The molecule has 0 heterocycles. The molecule has 0 amide bonds. The number of hydrogen-bond acceptors (Lipinski definition) is 0. The van der Waals surface area contributed by atoms with Gasteiger partial charge in [-0.1, -0.05) is 46.9 Å². The molecule has 0 saturated carbocycles. The Morgan fingerprint density at radius 3 is 2.24 bits per heavy atom. The van der Waals surface area contributed by atoms with Gasteiger partial charge in [0, 0.05) is 26.5 Å². The standard InChI is InChI=1S/C13H8Cl4/c14-7-9-5-8(1-4-12(9)16)11-3-2-10(15)6-13(11)17/h1-6H,7H2. The average molecular weight is 306 g/mol. The molecular weight excluding hydrogens is 298 g/mol. The molecule has 0 bridgehead atoms. The monoisotopic (exact) mass is 304 g/mol. The minimum atomic E-state index is 0.373. The van der Waals surface area contributed by atoms with Gasteiger partial charge in [0.15, 0.2) is 0 Å². The van der Waals surface area contributed by atoms with Crippen LogP contribution in [-0.2, 0) is 5.88 Å². The quantitative estimate of drug-likeness (QED) is 0.592. The fourth-order valence-electron chi connectivity index (χ4n) is 1.57. The highest BCUT2D eigenvalue weighted by Crippen LogP contribution is 2.32. The van der Waals surface area contributed by atoms with Crippen molar-refractivity contribution in [1.29, 1.82) is 0 Å². The van der Waals surface area contributed by atoms with Crippen LogP contribution in [0.2, 0.25) is 15.1 Å². The maximum absolute atomic E-state index is 6.15. The lowest BCUT2D eigenvalue weighted by Crippen LogP contribution is -1.85. The van der Waals surface area contributed by atoms with E-state index in [0.29, 0.717) is 20.9 Å². The van der Waals surface area contributed by atoms with Gasteiger partial charge >= 0.3 is 0 Å². The zero-order chi connectivity index (χ0) is 12.4. The number of benzene rings is 2. The van der Waals surface area contributed by atoms with Crippen LogP contribution in [0.15, 0.2) is 36.4 Å². The molecule has 0 unspecified atom stereocenters. The Balaban J connectivity index is 2.53. The molecule has 2 rings (SSSR count). The van der Waals surface area contributed by atoms with Crippen molar-refractivity contribution in [2.75, 3.05) is 0 Å². The fraction of sp³-hybridized carbons (Fsp3) is 0.0769. The summed E-state index contributed by atoms with van der Waals surface area (Å²) in [5.41, 5.74) is 2.78. The van der Waals surface area contributed by atoms with Crippen LogP contribution < -0.4 is 0 Å². The van der Waals surface area contributed by atoms with Crippen LogP contribution >= 0.6 is 46.4 Å². The van der Waals surface area contributed by atoms with Gasteiger partial charge in [-0.05, 0) is 35.4 Å². The molecule has 0 saturated heterocycles. The van der Waals surface area contributed by atoms with Crippen molar-refractivity contribution >= 4 is 46.4 Å². The van der Waals surface area contributed by atoms with Crippen LogP contribution in [0.4, 0.5) is 0 Å². The number of alkyl halides is 1. The Morgan fingerprint density at radius 1 is 0.824 bits per heavy atom. The molecule has 0 aliphatic rings. The van der Waals surface area contributed by atoms with Crippen molar-refractivity contribution in [3.8, 4) is 11.1 Å². The topological polar surface area (TPSA) is 0 Å². The second-order valence-corrected chi connectivity index (χ2v) is 5.08. The van der Waals surface area contributed by atoms with Crippen LogP contribution in [-0.4, -0.2) is 0 Å². The molecule has 88 valence electrons. The van der Waals surface area contributed by atoms with E-state index in [1.165, 1.54) is 0 Å². The largest absolute Gasteiger partial charge is 0.121 e. The van der Waals surface area contributed by atoms with E-state index in [1.807, 2.05) is 24.3 Å². The van der Waals surface area contributed by atoms with Gasteiger partial charge in [0.2, 0.25) is 0 Å². The van der Waals surface area contributed by atoms with Gasteiger partial charge in [0.1, 0.15) is 0 Å². The summed E-state index contributed by atoms with van der Waals surface area (Å²) in [4.78, 5) is 0. The van der Waals surface area contributed by atoms with Crippen LogP contribution in [0.5, 0.6) is 0 Å². The molecule has 2 aromatic rings. The van der Waals surface area contributed by atoms with Crippen molar-refractivity contribution in [3.63, 3.8) is 0 Å². The first-order chi connectivity index (χ1) is 8.11. The van der Waals surface area contributed by atoms with E-state index < -0.39 is 0 Å². The normalized spacial score (nSPS) is 10.6. The highest BCUT2D eigenvalue weighted by molar-refractivity contribution is 6.36. The zero-order valence-corrected chi connectivity index (χ0v) is 11.7. The Hall–Kier alpha value is -0.400. The fourth-order valence-corrected chi connectivity index (χ4v) is 2.56.